The maximum atomic E-state index is 13.2. The van der Waals surface area contributed by atoms with Gasteiger partial charge < -0.3 is 19.2 Å². The second-order valence-electron chi connectivity index (χ2n) is 6.67. The van der Waals surface area contributed by atoms with Crippen molar-refractivity contribution in [3.8, 4) is 11.5 Å². The van der Waals surface area contributed by atoms with Crippen molar-refractivity contribution < 1.29 is 23.5 Å². The molecule has 7 heteroatoms. The standard InChI is InChI=1S/C24H18ClNO5/c1-29-16-7-5-6-15(12-16)24(28)26-21-17-8-3-4-9-19(17)31-23(21)22(27)14-10-11-20(30-2)18(25)13-14/h3-13H,1-2H3,(H,26,28). The van der Waals surface area contributed by atoms with Crippen molar-refractivity contribution in [2.24, 2.45) is 0 Å². The number of ether oxygens (including phenoxy) is 2. The molecular weight excluding hydrogens is 418 g/mol. The third kappa shape index (κ3) is 3.98. The number of hydrogen-bond acceptors (Lipinski definition) is 5. The predicted molar refractivity (Wildman–Crippen MR) is 119 cm³/mol. The lowest BCUT2D eigenvalue weighted by Gasteiger charge is -2.08. The number of methoxy groups -OCH3 is 2. The highest BCUT2D eigenvalue weighted by atomic mass is 35.5. The van der Waals surface area contributed by atoms with E-state index in [0.29, 0.717) is 44.3 Å². The van der Waals surface area contributed by atoms with Crippen molar-refractivity contribution in [3.63, 3.8) is 0 Å². The SMILES string of the molecule is COc1cccc(C(=O)Nc2c(C(=O)c3ccc(OC)c(Cl)c3)oc3ccccc23)c1. The van der Waals surface area contributed by atoms with Crippen LogP contribution in [0.25, 0.3) is 11.0 Å². The normalized spacial score (nSPS) is 10.7. The van der Waals surface area contributed by atoms with E-state index in [1.165, 1.54) is 20.3 Å². The average molecular weight is 436 g/mol. The van der Waals surface area contributed by atoms with Crippen molar-refractivity contribution in [2.45, 2.75) is 0 Å². The van der Waals surface area contributed by atoms with Gasteiger partial charge in [-0.2, -0.15) is 0 Å². The van der Waals surface area contributed by atoms with Gasteiger partial charge in [0.2, 0.25) is 5.78 Å². The summed E-state index contributed by atoms with van der Waals surface area (Å²) in [5, 5.41) is 3.73. The lowest BCUT2D eigenvalue weighted by molar-refractivity contribution is 0.101. The average Bonchev–Trinajstić information content (AvgIpc) is 3.16. The summed E-state index contributed by atoms with van der Waals surface area (Å²) >= 11 is 6.18. The van der Waals surface area contributed by atoms with Crippen LogP contribution in [0.2, 0.25) is 5.02 Å². The van der Waals surface area contributed by atoms with Gasteiger partial charge in [-0.3, -0.25) is 9.59 Å². The smallest absolute Gasteiger partial charge is 0.255 e. The number of furan rings is 1. The molecule has 1 heterocycles. The Bertz CT molecular complexity index is 1290. The summed E-state index contributed by atoms with van der Waals surface area (Å²) in [6.45, 7) is 0. The van der Waals surface area contributed by atoms with Gasteiger partial charge in [0.05, 0.1) is 24.9 Å². The zero-order valence-electron chi connectivity index (χ0n) is 16.8. The van der Waals surface area contributed by atoms with E-state index >= 15 is 0 Å². The van der Waals surface area contributed by atoms with Crippen LogP contribution in [0, 0.1) is 0 Å². The topological polar surface area (TPSA) is 77.8 Å². The second-order valence-corrected chi connectivity index (χ2v) is 7.07. The van der Waals surface area contributed by atoms with Crippen molar-refractivity contribution in [1.29, 1.82) is 0 Å². The first-order valence-electron chi connectivity index (χ1n) is 9.37. The van der Waals surface area contributed by atoms with Gasteiger partial charge in [0.1, 0.15) is 17.1 Å². The van der Waals surface area contributed by atoms with Crippen molar-refractivity contribution in [1.82, 2.24) is 0 Å². The van der Waals surface area contributed by atoms with Gasteiger partial charge in [0, 0.05) is 16.5 Å². The van der Waals surface area contributed by atoms with Crippen LogP contribution in [-0.4, -0.2) is 25.9 Å². The summed E-state index contributed by atoms with van der Waals surface area (Å²) in [6, 6.07) is 18.5. The molecule has 0 bridgehead atoms. The van der Waals surface area contributed by atoms with Gasteiger partial charge in [0.15, 0.2) is 5.76 Å². The highest BCUT2D eigenvalue weighted by molar-refractivity contribution is 6.32. The highest BCUT2D eigenvalue weighted by Gasteiger charge is 2.24. The molecule has 6 nitrogen and oxygen atoms in total. The van der Waals surface area contributed by atoms with E-state index in [0.717, 1.165) is 0 Å². The van der Waals surface area contributed by atoms with Crippen molar-refractivity contribution in [2.75, 3.05) is 19.5 Å². The molecule has 0 fully saturated rings. The summed E-state index contributed by atoms with van der Waals surface area (Å²) in [4.78, 5) is 26.2. The van der Waals surface area contributed by atoms with E-state index in [4.69, 9.17) is 25.5 Å². The minimum atomic E-state index is -0.415. The molecule has 1 amide bonds. The first-order valence-corrected chi connectivity index (χ1v) is 9.74. The van der Waals surface area contributed by atoms with Crippen LogP contribution in [0.15, 0.2) is 71.1 Å². The molecule has 3 aromatic carbocycles. The lowest BCUT2D eigenvalue weighted by atomic mass is 10.1. The molecule has 0 aliphatic heterocycles. The Morgan fingerprint density at radius 1 is 0.903 bits per heavy atom. The third-order valence-corrected chi connectivity index (χ3v) is 5.08. The second kappa shape index (κ2) is 8.53. The number of rotatable bonds is 6. The fourth-order valence-electron chi connectivity index (χ4n) is 3.22. The van der Waals surface area contributed by atoms with Gasteiger partial charge >= 0.3 is 0 Å². The number of ketones is 1. The number of benzene rings is 3. The Labute approximate surface area is 183 Å². The summed E-state index contributed by atoms with van der Waals surface area (Å²) in [6.07, 6.45) is 0. The van der Waals surface area contributed by atoms with Gasteiger partial charge in [0.25, 0.3) is 5.91 Å². The number of amides is 1. The number of carbonyl (C=O) groups is 2. The van der Waals surface area contributed by atoms with Gasteiger partial charge in [-0.15, -0.1) is 0 Å². The van der Waals surface area contributed by atoms with Gasteiger partial charge in [-0.1, -0.05) is 29.8 Å². The van der Waals surface area contributed by atoms with Gasteiger partial charge in [-0.25, -0.2) is 0 Å². The van der Waals surface area contributed by atoms with E-state index in [1.54, 1.807) is 60.7 Å². The Kier molecular flexibility index (Phi) is 5.64. The highest BCUT2D eigenvalue weighted by Crippen LogP contribution is 2.34. The molecule has 4 rings (SSSR count). The van der Waals surface area contributed by atoms with Crippen LogP contribution in [-0.2, 0) is 0 Å². The first-order chi connectivity index (χ1) is 15.0. The number of fused-ring (bicyclic) bond motifs is 1. The van der Waals surface area contributed by atoms with Crippen molar-refractivity contribution in [3.05, 3.63) is 88.6 Å². The molecule has 1 aromatic heterocycles. The largest absolute Gasteiger partial charge is 0.497 e. The Morgan fingerprint density at radius 2 is 1.71 bits per heavy atom. The molecule has 156 valence electrons. The Morgan fingerprint density at radius 3 is 2.45 bits per heavy atom. The van der Waals surface area contributed by atoms with E-state index < -0.39 is 11.7 Å². The quantitative estimate of drug-likeness (QED) is 0.399. The van der Waals surface area contributed by atoms with Crippen molar-refractivity contribution >= 4 is 39.9 Å². The maximum Gasteiger partial charge on any atom is 0.255 e. The van der Waals surface area contributed by atoms with E-state index in [9.17, 15) is 9.59 Å². The molecule has 0 radical (unpaired) electrons. The molecule has 0 atom stereocenters. The number of carbonyl (C=O) groups excluding carboxylic acids is 2. The summed E-state index contributed by atoms with van der Waals surface area (Å²) in [7, 11) is 3.02. The van der Waals surface area contributed by atoms with Crippen LogP contribution in [0.5, 0.6) is 11.5 Å². The first kappa shape index (κ1) is 20.5. The van der Waals surface area contributed by atoms with E-state index in [2.05, 4.69) is 5.32 Å². The zero-order chi connectivity index (χ0) is 22.0. The fraction of sp³-hybridized carbons (Fsp3) is 0.0833. The number of nitrogens with one attached hydrogen (secondary N) is 1. The van der Waals surface area contributed by atoms with Crippen LogP contribution < -0.4 is 14.8 Å². The van der Waals surface area contributed by atoms with Crippen LogP contribution in [0.1, 0.15) is 26.5 Å². The van der Waals surface area contributed by atoms with E-state index in [-0.39, 0.29) is 5.76 Å². The number of anilines is 1. The monoisotopic (exact) mass is 435 g/mol. The Hall–Kier alpha value is -3.77. The molecule has 31 heavy (non-hydrogen) atoms. The lowest BCUT2D eigenvalue weighted by Crippen LogP contribution is -2.14. The van der Waals surface area contributed by atoms with Crippen LogP contribution >= 0.6 is 11.6 Å². The third-order valence-electron chi connectivity index (χ3n) is 4.79. The summed E-state index contributed by atoms with van der Waals surface area (Å²) < 4.78 is 16.2. The van der Waals surface area contributed by atoms with Gasteiger partial charge in [-0.05, 0) is 48.5 Å². The molecule has 0 aliphatic rings. The zero-order valence-corrected chi connectivity index (χ0v) is 17.5. The van der Waals surface area contributed by atoms with E-state index in [1.807, 2.05) is 0 Å². The van der Waals surface area contributed by atoms with Crippen LogP contribution in [0.4, 0.5) is 5.69 Å². The molecule has 4 aromatic rings. The molecule has 0 unspecified atom stereocenters. The fourth-order valence-corrected chi connectivity index (χ4v) is 3.48. The molecule has 0 saturated carbocycles. The summed E-state index contributed by atoms with van der Waals surface area (Å²) in [5.41, 5.74) is 1.46. The molecular formula is C24H18ClNO5. The number of halogens is 1. The number of para-hydroxylation sites is 1. The molecule has 0 spiro atoms. The number of hydrogen-bond donors (Lipinski definition) is 1. The Balaban J connectivity index is 1.76. The predicted octanol–water partition coefficient (Wildman–Crippen LogP) is 5.59. The molecule has 1 N–H and O–H groups in total. The molecule has 0 saturated heterocycles. The maximum absolute atomic E-state index is 13.2. The summed E-state index contributed by atoms with van der Waals surface area (Å²) in [5.74, 6) is 0.205. The van der Waals surface area contributed by atoms with Crippen LogP contribution in [0.3, 0.4) is 0 Å². The minimum Gasteiger partial charge on any atom is -0.497 e. The minimum absolute atomic E-state index is 0.0127. The molecule has 0 aliphatic carbocycles.